The Morgan fingerprint density at radius 3 is 2.46 bits per heavy atom. The number of nitro groups is 1. The minimum atomic E-state index is -3.51. The van der Waals surface area contributed by atoms with Gasteiger partial charge in [-0.1, -0.05) is 0 Å². The Balaban J connectivity index is 2.83. The molecule has 26 heavy (non-hydrogen) atoms. The highest BCUT2D eigenvalue weighted by Gasteiger charge is 2.18. The van der Waals surface area contributed by atoms with E-state index in [1.165, 1.54) is 12.1 Å². The molecule has 0 heterocycles. The molecule has 1 rings (SSSR count). The van der Waals surface area contributed by atoms with Gasteiger partial charge in [-0.15, -0.1) is 0 Å². The molecule has 0 radical (unpaired) electrons. The minimum absolute atomic E-state index is 0.0865. The number of aliphatic imine (C=N–C) groups is 1. The number of hydrogen-bond acceptors (Lipinski definition) is 6. The molecule has 0 saturated heterocycles. The van der Waals surface area contributed by atoms with Crippen molar-refractivity contribution in [1.29, 1.82) is 0 Å². The molecule has 0 aromatic heterocycles. The molecule has 0 bridgehead atoms. The van der Waals surface area contributed by atoms with Gasteiger partial charge < -0.3 is 16.0 Å². The van der Waals surface area contributed by atoms with Gasteiger partial charge in [0.2, 0.25) is 0 Å². The monoisotopic (exact) mass is 385 g/mol. The molecule has 0 spiro atoms. The third-order valence-corrected chi connectivity index (χ3v) is 4.24. The van der Waals surface area contributed by atoms with Gasteiger partial charge in [0.1, 0.15) is 5.69 Å². The topological polar surface area (TPSA) is 126 Å². The van der Waals surface area contributed by atoms with Gasteiger partial charge in [0.05, 0.1) is 16.4 Å². The van der Waals surface area contributed by atoms with E-state index >= 15 is 0 Å². The lowest BCUT2D eigenvalue weighted by molar-refractivity contribution is -0.384. The van der Waals surface area contributed by atoms with Crippen LogP contribution in [0.2, 0.25) is 0 Å². The Kier molecular flexibility index (Phi) is 7.37. The molecule has 3 N–H and O–H groups in total. The molecule has 0 saturated carbocycles. The normalized spacial score (nSPS) is 12.6. The van der Waals surface area contributed by atoms with E-state index in [1.54, 1.807) is 0 Å². The van der Waals surface area contributed by atoms with E-state index in [1.807, 2.05) is 27.7 Å². The average Bonchev–Trinajstić information content (AvgIpc) is 2.49. The van der Waals surface area contributed by atoms with Crippen LogP contribution in [-0.4, -0.2) is 50.7 Å². The maximum absolute atomic E-state index is 11.6. The van der Waals surface area contributed by atoms with Crippen molar-refractivity contribution in [3.05, 3.63) is 28.3 Å². The van der Waals surface area contributed by atoms with E-state index < -0.39 is 14.8 Å². The number of nitrogens with zero attached hydrogens (tertiary/aromatic N) is 2. The van der Waals surface area contributed by atoms with E-state index in [0.717, 1.165) is 12.3 Å². The minimum Gasteiger partial charge on any atom is -0.378 e. The first-order valence-corrected chi connectivity index (χ1v) is 10.1. The summed E-state index contributed by atoms with van der Waals surface area (Å²) < 4.78 is 23.1. The van der Waals surface area contributed by atoms with Gasteiger partial charge in [-0.05, 0) is 39.8 Å². The van der Waals surface area contributed by atoms with Crippen molar-refractivity contribution in [3.8, 4) is 0 Å². The summed E-state index contributed by atoms with van der Waals surface area (Å²) in [4.78, 5) is 14.9. The Morgan fingerprint density at radius 2 is 1.96 bits per heavy atom. The molecule has 0 aliphatic rings. The second-order valence-corrected chi connectivity index (χ2v) is 8.79. The highest BCUT2D eigenvalue weighted by atomic mass is 32.2. The number of guanidine groups is 1. The van der Waals surface area contributed by atoms with Crippen LogP contribution in [0.1, 0.15) is 27.7 Å². The molecule has 0 amide bonds. The lowest BCUT2D eigenvalue weighted by atomic mass is 10.1. The number of hydrogen-bond donors (Lipinski definition) is 3. The fourth-order valence-electron chi connectivity index (χ4n) is 2.06. The summed E-state index contributed by atoms with van der Waals surface area (Å²) in [5.74, 6) is 0.656. The summed E-state index contributed by atoms with van der Waals surface area (Å²) in [7, 11) is -3.51. The van der Waals surface area contributed by atoms with Crippen LogP contribution in [0.3, 0.4) is 0 Å². The van der Waals surface area contributed by atoms with Crippen molar-refractivity contribution in [2.24, 2.45) is 4.99 Å². The summed E-state index contributed by atoms with van der Waals surface area (Å²) in [5, 5.41) is 20.5. The molecule has 146 valence electrons. The Labute approximate surface area is 154 Å². The van der Waals surface area contributed by atoms with Crippen molar-refractivity contribution in [3.63, 3.8) is 0 Å². The van der Waals surface area contributed by atoms with Crippen LogP contribution in [0.15, 0.2) is 28.1 Å². The predicted octanol–water partition coefficient (Wildman–Crippen LogP) is 1.76. The van der Waals surface area contributed by atoms with Crippen molar-refractivity contribution < 1.29 is 13.3 Å². The quantitative estimate of drug-likeness (QED) is 0.215. The summed E-state index contributed by atoms with van der Waals surface area (Å²) >= 11 is 0. The van der Waals surface area contributed by atoms with E-state index in [0.29, 0.717) is 25.6 Å². The van der Waals surface area contributed by atoms with Crippen LogP contribution in [-0.2, 0) is 9.84 Å². The van der Waals surface area contributed by atoms with Crippen LogP contribution in [0.5, 0.6) is 0 Å². The highest BCUT2D eigenvalue weighted by Crippen LogP contribution is 2.27. The summed E-state index contributed by atoms with van der Waals surface area (Å²) in [6, 6.07) is 3.81. The molecule has 0 aliphatic carbocycles. The van der Waals surface area contributed by atoms with Crippen molar-refractivity contribution in [1.82, 2.24) is 10.6 Å². The number of sulfone groups is 1. The van der Waals surface area contributed by atoms with E-state index in [-0.39, 0.29) is 21.8 Å². The second kappa shape index (κ2) is 8.84. The van der Waals surface area contributed by atoms with Gasteiger partial charge in [-0.25, -0.2) is 8.42 Å². The molecule has 1 aromatic carbocycles. The van der Waals surface area contributed by atoms with Gasteiger partial charge in [-0.3, -0.25) is 15.1 Å². The maximum atomic E-state index is 11.6. The Hall–Kier alpha value is -2.36. The molecular formula is C16H27N5O4S. The molecule has 0 fully saturated rings. The van der Waals surface area contributed by atoms with E-state index in [4.69, 9.17) is 0 Å². The fourth-order valence-corrected chi connectivity index (χ4v) is 2.70. The molecule has 1 aromatic rings. The van der Waals surface area contributed by atoms with Gasteiger partial charge in [0.15, 0.2) is 15.8 Å². The predicted molar refractivity (Wildman–Crippen MR) is 104 cm³/mol. The summed E-state index contributed by atoms with van der Waals surface area (Å²) in [6.07, 6.45) is 1.01. The zero-order valence-electron chi connectivity index (χ0n) is 15.8. The number of rotatable bonds is 7. The van der Waals surface area contributed by atoms with Crippen molar-refractivity contribution in [2.45, 2.75) is 38.1 Å². The standard InChI is InChI=1S/C16H27N5O4S/c1-6-17-15(20-16(2,3)4)19-10-9-18-13-8-7-12(26(5,24)25)11-14(13)21(22)23/h7-8,11,18H,6,9-10H2,1-5H3,(H2,17,19,20). The second-order valence-electron chi connectivity index (χ2n) is 6.77. The van der Waals surface area contributed by atoms with Crippen molar-refractivity contribution in [2.75, 3.05) is 31.2 Å². The molecular weight excluding hydrogens is 358 g/mol. The van der Waals surface area contributed by atoms with Crippen LogP contribution in [0.4, 0.5) is 11.4 Å². The molecule has 10 heteroatoms. The molecule has 0 unspecified atom stereocenters. The van der Waals surface area contributed by atoms with Crippen molar-refractivity contribution >= 4 is 27.2 Å². The Bertz CT molecular complexity index is 769. The number of benzene rings is 1. The first-order chi connectivity index (χ1) is 11.9. The smallest absolute Gasteiger partial charge is 0.293 e. The maximum Gasteiger partial charge on any atom is 0.293 e. The average molecular weight is 385 g/mol. The van der Waals surface area contributed by atoms with Gasteiger partial charge in [0, 0.05) is 31.0 Å². The number of anilines is 1. The molecule has 9 nitrogen and oxygen atoms in total. The van der Waals surface area contributed by atoms with E-state index in [9.17, 15) is 18.5 Å². The largest absolute Gasteiger partial charge is 0.378 e. The first-order valence-electron chi connectivity index (χ1n) is 8.23. The van der Waals surface area contributed by atoms with Gasteiger partial charge in [-0.2, -0.15) is 0 Å². The summed E-state index contributed by atoms with van der Waals surface area (Å²) in [5.41, 5.74) is -0.169. The molecule has 0 atom stereocenters. The molecule has 0 aliphatic heterocycles. The SMILES string of the molecule is CCNC(=NCCNc1ccc(S(C)(=O)=O)cc1[N+](=O)[O-])NC(C)(C)C. The fraction of sp³-hybridized carbons (Fsp3) is 0.562. The highest BCUT2D eigenvalue weighted by molar-refractivity contribution is 7.90. The summed E-state index contributed by atoms with van der Waals surface area (Å²) in [6.45, 7) is 9.48. The number of nitrogens with one attached hydrogen (secondary N) is 3. The lowest BCUT2D eigenvalue weighted by Gasteiger charge is -2.23. The first kappa shape index (κ1) is 21.7. The van der Waals surface area contributed by atoms with E-state index in [2.05, 4.69) is 20.9 Å². The van der Waals surface area contributed by atoms with Crippen LogP contribution in [0.25, 0.3) is 0 Å². The van der Waals surface area contributed by atoms with Gasteiger partial charge in [0.25, 0.3) is 5.69 Å². The zero-order chi connectivity index (χ0) is 20.0. The van der Waals surface area contributed by atoms with Crippen LogP contribution >= 0.6 is 0 Å². The zero-order valence-corrected chi connectivity index (χ0v) is 16.6. The third-order valence-electron chi connectivity index (χ3n) is 3.13. The number of nitro benzene ring substituents is 1. The van der Waals surface area contributed by atoms with Gasteiger partial charge >= 0.3 is 0 Å². The van der Waals surface area contributed by atoms with Crippen LogP contribution in [0, 0.1) is 10.1 Å². The third kappa shape index (κ3) is 7.26. The lowest BCUT2D eigenvalue weighted by Crippen LogP contribution is -2.47. The van der Waals surface area contributed by atoms with Crippen LogP contribution < -0.4 is 16.0 Å². The Morgan fingerprint density at radius 1 is 1.31 bits per heavy atom.